The Balaban J connectivity index is 1.68. The fourth-order valence-corrected chi connectivity index (χ4v) is 4.67. The molecule has 4 aromatic rings. The van der Waals surface area contributed by atoms with Gasteiger partial charge in [-0.2, -0.15) is 0 Å². The van der Waals surface area contributed by atoms with Crippen molar-refractivity contribution in [3.8, 4) is 21.7 Å². The van der Waals surface area contributed by atoms with Crippen LogP contribution in [0.25, 0.3) is 21.7 Å². The van der Waals surface area contributed by atoms with Crippen molar-refractivity contribution in [1.82, 2.24) is 4.98 Å². The van der Waals surface area contributed by atoms with Crippen LogP contribution in [0.4, 0.5) is 5.13 Å². The predicted octanol–water partition coefficient (Wildman–Crippen LogP) is 5.34. The van der Waals surface area contributed by atoms with Gasteiger partial charge in [0.15, 0.2) is 5.13 Å². The first-order valence-corrected chi connectivity index (χ1v) is 12.2. The van der Waals surface area contributed by atoms with Gasteiger partial charge in [-0.05, 0) is 48.9 Å². The van der Waals surface area contributed by atoms with E-state index in [-0.39, 0.29) is 10.5 Å². The molecule has 3 aromatic carbocycles. The zero-order valence-corrected chi connectivity index (χ0v) is 19.3. The number of nitrogens with two attached hydrogens (primary N) is 1. The number of carbonyl (C=O) groups excluding carboxylic acids is 1. The molecule has 0 atom stereocenters. The minimum Gasteiger partial charge on any atom is -0.298 e. The van der Waals surface area contributed by atoms with Gasteiger partial charge in [0.1, 0.15) is 0 Å². The van der Waals surface area contributed by atoms with Gasteiger partial charge >= 0.3 is 0 Å². The van der Waals surface area contributed by atoms with Crippen LogP contribution in [0.5, 0.6) is 0 Å². The number of aryl methyl sites for hydroxylation is 1. The van der Waals surface area contributed by atoms with Crippen LogP contribution in [0, 0.1) is 6.92 Å². The molecule has 9 heteroatoms. The Morgan fingerprint density at radius 2 is 1.53 bits per heavy atom. The van der Waals surface area contributed by atoms with E-state index in [2.05, 4.69) is 10.3 Å². The Morgan fingerprint density at radius 3 is 2.12 bits per heavy atom. The highest BCUT2D eigenvalue weighted by atomic mass is 35.5. The molecule has 0 unspecified atom stereocenters. The molecule has 162 valence electrons. The summed E-state index contributed by atoms with van der Waals surface area (Å²) in [7, 11) is -3.83. The number of aromatic nitrogens is 1. The third kappa shape index (κ3) is 4.89. The maximum absolute atomic E-state index is 12.7. The predicted molar refractivity (Wildman–Crippen MR) is 129 cm³/mol. The number of hydrogen-bond donors (Lipinski definition) is 2. The summed E-state index contributed by atoms with van der Waals surface area (Å²) >= 11 is 7.39. The third-order valence-electron chi connectivity index (χ3n) is 4.72. The van der Waals surface area contributed by atoms with E-state index in [1.54, 1.807) is 12.1 Å². The van der Waals surface area contributed by atoms with E-state index in [4.69, 9.17) is 16.7 Å². The van der Waals surface area contributed by atoms with E-state index >= 15 is 0 Å². The van der Waals surface area contributed by atoms with Gasteiger partial charge in [0, 0.05) is 16.1 Å². The number of rotatable bonds is 5. The summed E-state index contributed by atoms with van der Waals surface area (Å²) < 4.78 is 22.8. The van der Waals surface area contributed by atoms with Gasteiger partial charge in [-0.1, -0.05) is 64.9 Å². The van der Waals surface area contributed by atoms with Gasteiger partial charge in [0.05, 0.1) is 15.5 Å². The van der Waals surface area contributed by atoms with E-state index in [0.717, 1.165) is 27.3 Å². The highest BCUT2D eigenvalue weighted by molar-refractivity contribution is 7.89. The second-order valence-electron chi connectivity index (χ2n) is 7.09. The average molecular weight is 484 g/mol. The monoisotopic (exact) mass is 483 g/mol. The maximum atomic E-state index is 12.7. The minimum absolute atomic E-state index is 0.0602. The number of nitrogens with one attached hydrogen (secondary N) is 1. The molecule has 1 aromatic heterocycles. The first-order valence-electron chi connectivity index (χ1n) is 9.49. The Labute approximate surface area is 194 Å². The first kappa shape index (κ1) is 22.2. The Morgan fingerprint density at radius 1 is 0.938 bits per heavy atom. The molecule has 3 N–H and O–H groups in total. The molecular formula is C23H18ClN3O3S2. The van der Waals surface area contributed by atoms with Gasteiger partial charge < -0.3 is 0 Å². The van der Waals surface area contributed by atoms with Crippen molar-refractivity contribution in [3.05, 3.63) is 88.9 Å². The molecule has 4 rings (SSSR count). The van der Waals surface area contributed by atoms with Gasteiger partial charge in [0.25, 0.3) is 5.91 Å². The number of sulfonamides is 1. The summed E-state index contributed by atoms with van der Waals surface area (Å²) in [4.78, 5) is 18.2. The lowest BCUT2D eigenvalue weighted by atomic mass is 10.1. The Bertz CT molecular complexity index is 1320. The standard InChI is InChI=1S/C23H18ClN3O3S2/c1-14-2-4-16(5-3-14)21-20(15-6-10-18(24)11-7-15)26-23(31-21)27-22(28)17-8-12-19(13-9-17)32(25,29)30/h2-13H,1H3,(H2,25,29,30)(H,26,27,28). The van der Waals surface area contributed by atoms with Gasteiger partial charge in [0.2, 0.25) is 10.0 Å². The van der Waals surface area contributed by atoms with Crippen molar-refractivity contribution in [2.24, 2.45) is 5.14 Å². The fourth-order valence-electron chi connectivity index (χ4n) is 3.04. The maximum Gasteiger partial charge on any atom is 0.257 e. The molecule has 1 heterocycles. The number of hydrogen-bond acceptors (Lipinski definition) is 5. The SMILES string of the molecule is Cc1ccc(-c2sc(NC(=O)c3ccc(S(N)(=O)=O)cc3)nc2-c2ccc(Cl)cc2)cc1. The van der Waals surface area contributed by atoms with E-state index in [0.29, 0.717) is 10.2 Å². The lowest BCUT2D eigenvalue weighted by Gasteiger charge is -2.03. The van der Waals surface area contributed by atoms with Crippen LogP contribution in [-0.2, 0) is 10.0 Å². The smallest absolute Gasteiger partial charge is 0.257 e. The average Bonchev–Trinajstić information content (AvgIpc) is 3.18. The van der Waals surface area contributed by atoms with Crippen molar-refractivity contribution in [2.45, 2.75) is 11.8 Å². The second kappa shape index (κ2) is 8.84. The summed E-state index contributed by atoms with van der Waals surface area (Å²) in [5.74, 6) is -0.405. The number of nitrogens with zero attached hydrogens (tertiary/aromatic N) is 1. The van der Waals surface area contributed by atoms with Crippen LogP contribution in [0.2, 0.25) is 5.02 Å². The number of benzene rings is 3. The third-order valence-corrected chi connectivity index (χ3v) is 6.93. The molecule has 0 aliphatic carbocycles. The summed E-state index contributed by atoms with van der Waals surface area (Å²) in [5.41, 5.74) is 4.02. The van der Waals surface area contributed by atoms with E-state index in [9.17, 15) is 13.2 Å². The number of amides is 1. The van der Waals surface area contributed by atoms with Crippen LogP contribution in [0.3, 0.4) is 0 Å². The number of halogens is 1. The molecule has 0 aliphatic rings. The molecule has 0 fully saturated rings. The zero-order chi connectivity index (χ0) is 22.9. The second-order valence-corrected chi connectivity index (χ2v) is 10.1. The van der Waals surface area contributed by atoms with E-state index < -0.39 is 15.9 Å². The molecule has 0 radical (unpaired) electrons. The molecule has 0 saturated heterocycles. The number of thiazole rings is 1. The molecule has 0 saturated carbocycles. The van der Waals surface area contributed by atoms with Crippen LogP contribution >= 0.6 is 22.9 Å². The number of anilines is 1. The largest absolute Gasteiger partial charge is 0.298 e. The van der Waals surface area contributed by atoms with Crippen molar-refractivity contribution >= 4 is 44.0 Å². The summed E-state index contributed by atoms with van der Waals surface area (Å²) in [6.45, 7) is 2.02. The zero-order valence-electron chi connectivity index (χ0n) is 16.9. The summed E-state index contributed by atoms with van der Waals surface area (Å²) in [6.07, 6.45) is 0. The first-order chi connectivity index (χ1) is 15.2. The van der Waals surface area contributed by atoms with E-state index in [1.807, 2.05) is 43.3 Å². The van der Waals surface area contributed by atoms with Crippen molar-refractivity contribution in [1.29, 1.82) is 0 Å². The number of primary sulfonamides is 1. The van der Waals surface area contributed by atoms with Gasteiger partial charge in [-0.15, -0.1) is 0 Å². The normalized spacial score (nSPS) is 11.3. The highest BCUT2D eigenvalue weighted by Crippen LogP contribution is 2.39. The quantitative estimate of drug-likeness (QED) is 0.400. The molecule has 1 amide bonds. The Hall–Kier alpha value is -3.04. The lowest BCUT2D eigenvalue weighted by Crippen LogP contribution is -2.14. The fraction of sp³-hybridized carbons (Fsp3) is 0.0435. The van der Waals surface area contributed by atoms with Crippen molar-refractivity contribution in [3.63, 3.8) is 0 Å². The van der Waals surface area contributed by atoms with Crippen LogP contribution in [-0.4, -0.2) is 19.3 Å². The molecule has 0 bridgehead atoms. The molecule has 0 spiro atoms. The topological polar surface area (TPSA) is 102 Å². The Kier molecular flexibility index (Phi) is 6.12. The van der Waals surface area contributed by atoms with Crippen LogP contribution in [0.1, 0.15) is 15.9 Å². The van der Waals surface area contributed by atoms with Crippen LogP contribution in [0.15, 0.2) is 77.7 Å². The molecule has 6 nitrogen and oxygen atoms in total. The minimum atomic E-state index is -3.83. The highest BCUT2D eigenvalue weighted by Gasteiger charge is 2.18. The molecule has 0 aliphatic heterocycles. The molecular weight excluding hydrogens is 466 g/mol. The van der Waals surface area contributed by atoms with Crippen LogP contribution < -0.4 is 10.5 Å². The summed E-state index contributed by atoms with van der Waals surface area (Å²) in [6, 6.07) is 20.8. The van der Waals surface area contributed by atoms with Crippen molar-refractivity contribution in [2.75, 3.05) is 5.32 Å². The van der Waals surface area contributed by atoms with Crippen molar-refractivity contribution < 1.29 is 13.2 Å². The molecule has 32 heavy (non-hydrogen) atoms. The van der Waals surface area contributed by atoms with Gasteiger partial charge in [-0.3, -0.25) is 10.1 Å². The van der Waals surface area contributed by atoms with E-state index in [1.165, 1.54) is 35.6 Å². The summed E-state index contributed by atoms with van der Waals surface area (Å²) in [5, 5.41) is 8.96. The number of carbonyl (C=O) groups is 1. The lowest BCUT2D eigenvalue weighted by molar-refractivity contribution is 0.102. The van der Waals surface area contributed by atoms with Gasteiger partial charge in [-0.25, -0.2) is 18.5 Å².